The zero-order chi connectivity index (χ0) is 16.2. The third-order valence-electron chi connectivity index (χ3n) is 3.34. The van der Waals surface area contributed by atoms with Crippen molar-refractivity contribution in [2.75, 3.05) is 5.32 Å². The Morgan fingerprint density at radius 1 is 1.22 bits per heavy atom. The second-order valence-electron chi connectivity index (χ2n) is 5.18. The number of carbonyl (C=O) groups excluding carboxylic acids is 1. The van der Waals surface area contributed by atoms with E-state index in [1.54, 1.807) is 11.3 Å². The van der Waals surface area contributed by atoms with E-state index >= 15 is 0 Å². The van der Waals surface area contributed by atoms with Gasteiger partial charge in [0.15, 0.2) is 0 Å². The van der Waals surface area contributed by atoms with Crippen LogP contribution < -0.4 is 5.32 Å². The van der Waals surface area contributed by atoms with Gasteiger partial charge in [0, 0.05) is 21.1 Å². The second-order valence-corrected chi connectivity index (χ2v) is 7.16. The normalized spacial score (nSPS) is 10.5. The first-order valence-corrected chi connectivity index (χ1v) is 8.84. The minimum atomic E-state index is -0.0288. The van der Waals surface area contributed by atoms with Gasteiger partial charge in [0.05, 0.1) is 17.1 Å². The molecule has 0 fully saturated rings. The first kappa shape index (κ1) is 15.9. The number of aryl methyl sites for hydroxylation is 1. The molecule has 1 heterocycles. The fraction of sp³-hybridized carbons (Fsp3) is 0.111. The molecule has 3 rings (SSSR count). The molecule has 0 unspecified atom stereocenters. The van der Waals surface area contributed by atoms with Gasteiger partial charge < -0.3 is 5.32 Å². The van der Waals surface area contributed by atoms with E-state index < -0.39 is 0 Å². The average Bonchev–Trinajstić information content (AvgIpc) is 2.96. The van der Waals surface area contributed by atoms with Crippen LogP contribution in [0.3, 0.4) is 0 Å². The third kappa shape index (κ3) is 4.27. The fourth-order valence-corrected chi connectivity index (χ4v) is 3.13. The maximum atomic E-state index is 12.2. The van der Waals surface area contributed by atoms with Crippen LogP contribution in [0, 0.1) is 6.92 Å². The quantitative estimate of drug-likeness (QED) is 0.680. The van der Waals surface area contributed by atoms with E-state index in [1.807, 2.05) is 60.8 Å². The highest BCUT2D eigenvalue weighted by atomic mass is 79.9. The van der Waals surface area contributed by atoms with Crippen molar-refractivity contribution in [3.63, 3.8) is 0 Å². The van der Waals surface area contributed by atoms with Crippen LogP contribution in [0.2, 0.25) is 0 Å². The molecule has 0 aliphatic heterocycles. The number of benzene rings is 2. The zero-order valence-electron chi connectivity index (χ0n) is 12.5. The molecule has 1 amide bonds. The Morgan fingerprint density at radius 3 is 2.70 bits per heavy atom. The Labute approximate surface area is 147 Å². The first-order chi connectivity index (χ1) is 11.1. The smallest absolute Gasteiger partial charge is 0.228 e. The average molecular weight is 387 g/mol. The first-order valence-electron chi connectivity index (χ1n) is 7.17. The van der Waals surface area contributed by atoms with Gasteiger partial charge in [-0.3, -0.25) is 4.79 Å². The second kappa shape index (κ2) is 7.06. The number of hydrogen-bond acceptors (Lipinski definition) is 3. The molecule has 0 aliphatic carbocycles. The largest absolute Gasteiger partial charge is 0.326 e. The predicted molar refractivity (Wildman–Crippen MR) is 98.8 cm³/mol. The van der Waals surface area contributed by atoms with Crippen molar-refractivity contribution in [2.24, 2.45) is 0 Å². The number of rotatable bonds is 4. The molecule has 0 radical (unpaired) electrons. The third-order valence-corrected chi connectivity index (χ3v) is 4.64. The number of aromatic nitrogens is 1. The van der Waals surface area contributed by atoms with E-state index in [-0.39, 0.29) is 5.91 Å². The topological polar surface area (TPSA) is 42.0 Å². The van der Waals surface area contributed by atoms with Gasteiger partial charge in [-0.25, -0.2) is 4.98 Å². The van der Waals surface area contributed by atoms with Crippen molar-refractivity contribution >= 4 is 38.9 Å². The molecular formula is C18H15BrN2OS. The van der Waals surface area contributed by atoms with Crippen molar-refractivity contribution in [1.82, 2.24) is 4.98 Å². The summed E-state index contributed by atoms with van der Waals surface area (Å²) >= 11 is 5.01. The molecule has 0 spiro atoms. The molecule has 5 heteroatoms. The summed E-state index contributed by atoms with van der Waals surface area (Å²) in [5.74, 6) is -0.0288. The predicted octanol–water partition coefficient (Wildman–Crippen LogP) is 5.06. The standard InChI is InChI=1S/C18H15BrN2OS/c1-12-20-17(11-23-12)14-3-2-4-16(10-14)21-18(22)9-13-5-7-15(19)8-6-13/h2-8,10-11H,9H2,1H3,(H,21,22). The minimum absolute atomic E-state index is 0.0288. The number of hydrogen-bond donors (Lipinski definition) is 1. The Kier molecular flexibility index (Phi) is 4.88. The molecule has 0 saturated carbocycles. The summed E-state index contributed by atoms with van der Waals surface area (Å²) in [6, 6.07) is 15.5. The lowest BCUT2D eigenvalue weighted by Gasteiger charge is -2.07. The Balaban J connectivity index is 1.70. The van der Waals surface area contributed by atoms with E-state index in [9.17, 15) is 4.79 Å². The van der Waals surface area contributed by atoms with Crippen LogP contribution >= 0.6 is 27.3 Å². The van der Waals surface area contributed by atoms with Gasteiger partial charge in [0.2, 0.25) is 5.91 Å². The highest BCUT2D eigenvalue weighted by Gasteiger charge is 2.07. The minimum Gasteiger partial charge on any atom is -0.326 e. The van der Waals surface area contributed by atoms with E-state index in [2.05, 4.69) is 26.2 Å². The lowest BCUT2D eigenvalue weighted by Crippen LogP contribution is -2.14. The summed E-state index contributed by atoms with van der Waals surface area (Å²) in [4.78, 5) is 16.7. The van der Waals surface area contributed by atoms with Crippen molar-refractivity contribution in [1.29, 1.82) is 0 Å². The van der Waals surface area contributed by atoms with E-state index in [0.29, 0.717) is 6.42 Å². The van der Waals surface area contributed by atoms with Crippen LogP contribution in [0.25, 0.3) is 11.3 Å². The summed E-state index contributed by atoms with van der Waals surface area (Å²) in [6.07, 6.45) is 0.354. The van der Waals surface area contributed by atoms with Gasteiger partial charge in [0.1, 0.15) is 0 Å². The molecule has 116 valence electrons. The number of nitrogens with zero attached hydrogens (tertiary/aromatic N) is 1. The Morgan fingerprint density at radius 2 is 2.00 bits per heavy atom. The van der Waals surface area contributed by atoms with E-state index in [0.717, 1.165) is 32.0 Å². The van der Waals surface area contributed by atoms with Gasteiger partial charge >= 0.3 is 0 Å². The van der Waals surface area contributed by atoms with Crippen molar-refractivity contribution in [3.05, 3.63) is 69.0 Å². The van der Waals surface area contributed by atoms with E-state index in [1.165, 1.54) is 0 Å². The highest BCUT2D eigenvalue weighted by molar-refractivity contribution is 9.10. The number of halogens is 1. The van der Waals surface area contributed by atoms with Gasteiger partial charge in [0.25, 0.3) is 0 Å². The number of carbonyl (C=O) groups is 1. The molecule has 2 aromatic carbocycles. The number of anilines is 1. The van der Waals surface area contributed by atoms with Crippen LogP contribution in [0.5, 0.6) is 0 Å². The number of thiazole rings is 1. The lowest BCUT2D eigenvalue weighted by atomic mass is 10.1. The van der Waals surface area contributed by atoms with Crippen LogP contribution in [0.4, 0.5) is 5.69 Å². The maximum absolute atomic E-state index is 12.2. The SMILES string of the molecule is Cc1nc(-c2cccc(NC(=O)Cc3ccc(Br)cc3)c2)cs1. The molecule has 3 aromatic rings. The van der Waals surface area contributed by atoms with Crippen LogP contribution in [0.1, 0.15) is 10.6 Å². The highest BCUT2D eigenvalue weighted by Crippen LogP contribution is 2.24. The molecule has 3 nitrogen and oxygen atoms in total. The Hall–Kier alpha value is -1.98. The summed E-state index contributed by atoms with van der Waals surface area (Å²) in [6.45, 7) is 1.98. The van der Waals surface area contributed by atoms with E-state index in [4.69, 9.17) is 0 Å². The Bertz CT molecular complexity index is 827. The van der Waals surface area contributed by atoms with Crippen LogP contribution in [-0.4, -0.2) is 10.9 Å². The summed E-state index contributed by atoms with van der Waals surface area (Å²) < 4.78 is 1.01. The summed E-state index contributed by atoms with van der Waals surface area (Å²) in [5, 5.41) is 6.00. The molecule has 0 atom stereocenters. The maximum Gasteiger partial charge on any atom is 0.228 e. The zero-order valence-corrected chi connectivity index (χ0v) is 14.9. The summed E-state index contributed by atoms with van der Waals surface area (Å²) in [7, 11) is 0. The summed E-state index contributed by atoms with van der Waals surface area (Å²) in [5.41, 5.74) is 3.72. The lowest BCUT2D eigenvalue weighted by molar-refractivity contribution is -0.115. The van der Waals surface area contributed by atoms with Crippen molar-refractivity contribution < 1.29 is 4.79 Å². The molecule has 0 saturated heterocycles. The van der Waals surface area contributed by atoms with Crippen molar-refractivity contribution in [3.8, 4) is 11.3 Å². The molecule has 23 heavy (non-hydrogen) atoms. The van der Waals surface area contributed by atoms with Gasteiger partial charge in [-0.05, 0) is 36.8 Å². The van der Waals surface area contributed by atoms with Gasteiger partial charge in [-0.1, -0.05) is 40.2 Å². The van der Waals surface area contributed by atoms with Crippen LogP contribution in [-0.2, 0) is 11.2 Å². The van der Waals surface area contributed by atoms with Gasteiger partial charge in [-0.2, -0.15) is 0 Å². The van der Waals surface area contributed by atoms with Crippen LogP contribution in [0.15, 0.2) is 58.4 Å². The van der Waals surface area contributed by atoms with Gasteiger partial charge in [-0.15, -0.1) is 11.3 Å². The monoisotopic (exact) mass is 386 g/mol. The van der Waals surface area contributed by atoms with Crippen molar-refractivity contribution in [2.45, 2.75) is 13.3 Å². The number of nitrogens with one attached hydrogen (secondary N) is 1. The fourth-order valence-electron chi connectivity index (χ4n) is 2.25. The molecule has 1 aromatic heterocycles. The molecule has 0 aliphatic rings. The molecule has 0 bridgehead atoms. The molecule has 1 N–H and O–H groups in total. The number of amides is 1. The molecular weight excluding hydrogens is 372 g/mol.